The number of nitrogens with one attached hydrogen (secondary N) is 1. The summed E-state index contributed by atoms with van der Waals surface area (Å²) in [5.74, 6) is -0.771. The summed E-state index contributed by atoms with van der Waals surface area (Å²) in [4.78, 5) is 42.0. The molecule has 3 aromatic carbocycles. The molecule has 3 amide bonds. The maximum absolute atomic E-state index is 12.9. The fourth-order valence-corrected chi connectivity index (χ4v) is 7.20. The second-order valence-electron chi connectivity index (χ2n) is 11.2. The minimum absolute atomic E-state index is 0.00820. The normalized spacial score (nSPS) is 17.1. The highest BCUT2D eigenvalue weighted by molar-refractivity contribution is 7.16. The van der Waals surface area contributed by atoms with Gasteiger partial charge in [-0.2, -0.15) is 0 Å². The Labute approximate surface area is 269 Å². The number of primary amides is 2. The van der Waals surface area contributed by atoms with Gasteiger partial charge in [-0.1, -0.05) is 48.0 Å². The van der Waals surface area contributed by atoms with Gasteiger partial charge in [0.05, 0.1) is 22.2 Å². The summed E-state index contributed by atoms with van der Waals surface area (Å²) in [6, 6.07) is 22.1. The van der Waals surface area contributed by atoms with E-state index >= 15 is 0 Å². The molecule has 0 bridgehead atoms. The summed E-state index contributed by atoms with van der Waals surface area (Å²) in [6.07, 6.45) is 4.74. The molecule has 1 aliphatic carbocycles. The molecule has 5 N–H and O–H groups in total. The molecule has 2 aromatic heterocycles. The van der Waals surface area contributed by atoms with Gasteiger partial charge < -0.3 is 21.5 Å². The van der Waals surface area contributed by atoms with Crippen molar-refractivity contribution < 1.29 is 19.1 Å². The Kier molecular flexibility index (Phi) is 8.60. The molecule has 2 heterocycles. The van der Waals surface area contributed by atoms with E-state index in [1.807, 2.05) is 41.8 Å². The predicted molar refractivity (Wildman–Crippen MR) is 175 cm³/mol. The van der Waals surface area contributed by atoms with Crippen molar-refractivity contribution in [3.8, 4) is 10.8 Å². The molecular weight excluding hydrogens is 610 g/mol. The molecule has 0 saturated heterocycles. The topological polar surface area (TPSA) is 142 Å². The second kappa shape index (κ2) is 12.7. The fraction of sp³-hybridized carbons (Fsp3) is 0.235. The van der Waals surface area contributed by atoms with Crippen LogP contribution in [-0.4, -0.2) is 33.3 Å². The van der Waals surface area contributed by atoms with Gasteiger partial charge in [-0.3, -0.25) is 19.0 Å². The zero-order chi connectivity index (χ0) is 31.7. The van der Waals surface area contributed by atoms with E-state index in [4.69, 9.17) is 27.8 Å². The second-order valence-corrected chi connectivity index (χ2v) is 12.7. The molecule has 1 saturated carbocycles. The summed E-state index contributed by atoms with van der Waals surface area (Å²) < 4.78 is 8.16. The number of fused-ring (bicyclic) bond motifs is 1. The van der Waals surface area contributed by atoms with Crippen LogP contribution in [-0.2, 0) is 0 Å². The average Bonchev–Trinajstić information content (AvgIpc) is 3.65. The van der Waals surface area contributed by atoms with Crippen LogP contribution in [0.1, 0.15) is 86.1 Å². The van der Waals surface area contributed by atoms with Crippen LogP contribution in [0.15, 0.2) is 79.1 Å². The monoisotopic (exact) mass is 641 g/mol. The van der Waals surface area contributed by atoms with E-state index in [0.717, 1.165) is 47.3 Å². The molecule has 1 atom stereocenters. The molecule has 230 valence electrons. The molecule has 45 heavy (non-hydrogen) atoms. The van der Waals surface area contributed by atoms with Crippen LogP contribution in [0, 0.1) is 0 Å². The molecular formula is C34H32ClN5O4S. The number of hydrogen-bond acceptors (Lipinski definition) is 6. The highest BCUT2D eigenvalue weighted by atomic mass is 35.5. The number of carbonyl (C=O) groups excluding carboxylic acids is 3. The Hall–Kier alpha value is -4.67. The molecule has 9 nitrogen and oxygen atoms in total. The lowest BCUT2D eigenvalue weighted by molar-refractivity contribution is 0.0912. The number of nitrogens with two attached hydrogens (primary N) is 2. The molecule has 0 radical (unpaired) electrons. The molecule has 0 unspecified atom stereocenters. The van der Waals surface area contributed by atoms with Crippen LogP contribution in [0.4, 0.5) is 0 Å². The average molecular weight is 642 g/mol. The quantitative estimate of drug-likeness (QED) is 0.168. The summed E-state index contributed by atoms with van der Waals surface area (Å²) in [5, 5.41) is 4.43. The third kappa shape index (κ3) is 6.29. The maximum atomic E-state index is 12.9. The van der Waals surface area contributed by atoms with Gasteiger partial charge >= 0.3 is 0 Å². The third-order valence-corrected chi connectivity index (χ3v) is 9.81. The van der Waals surface area contributed by atoms with Gasteiger partial charge in [0.2, 0.25) is 5.91 Å². The molecule has 1 aliphatic rings. The van der Waals surface area contributed by atoms with Crippen molar-refractivity contribution in [3.63, 3.8) is 0 Å². The van der Waals surface area contributed by atoms with Gasteiger partial charge in [0.1, 0.15) is 28.1 Å². The lowest BCUT2D eigenvalue weighted by Gasteiger charge is -2.29. The molecule has 0 aliphatic heterocycles. The molecule has 6 rings (SSSR count). The number of thiophene rings is 1. The number of carbonyl (C=O) groups is 3. The van der Waals surface area contributed by atoms with Crippen molar-refractivity contribution in [2.24, 2.45) is 11.5 Å². The number of hydrogen-bond donors (Lipinski definition) is 3. The van der Waals surface area contributed by atoms with E-state index < -0.39 is 17.9 Å². The number of halogens is 1. The van der Waals surface area contributed by atoms with Crippen molar-refractivity contribution in [3.05, 3.63) is 111 Å². The highest BCUT2D eigenvalue weighted by Crippen LogP contribution is 2.38. The van der Waals surface area contributed by atoms with Crippen molar-refractivity contribution in [2.75, 3.05) is 0 Å². The van der Waals surface area contributed by atoms with Crippen LogP contribution in [0.3, 0.4) is 0 Å². The number of aromatic nitrogens is 2. The van der Waals surface area contributed by atoms with Gasteiger partial charge in [-0.15, -0.1) is 11.3 Å². The van der Waals surface area contributed by atoms with Gasteiger partial charge in [0.15, 0.2) is 0 Å². The van der Waals surface area contributed by atoms with Crippen LogP contribution in [0.2, 0.25) is 5.02 Å². The number of rotatable bonds is 9. The van der Waals surface area contributed by atoms with Crippen molar-refractivity contribution in [1.82, 2.24) is 14.9 Å². The van der Waals surface area contributed by atoms with E-state index in [1.165, 1.54) is 16.9 Å². The van der Waals surface area contributed by atoms with Crippen LogP contribution in [0.25, 0.3) is 16.0 Å². The van der Waals surface area contributed by atoms with Crippen molar-refractivity contribution >= 4 is 51.7 Å². The first-order valence-corrected chi connectivity index (χ1v) is 15.9. The van der Waals surface area contributed by atoms with Crippen LogP contribution < -0.4 is 21.5 Å². The van der Waals surface area contributed by atoms with Gasteiger partial charge in [0.25, 0.3) is 11.8 Å². The van der Waals surface area contributed by atoms with Gasteiger partial charge in [-0.05, 0) is 74.4 Å². The number of ether oxygens (including phenoxy) is 1. The maximum Gasteiger partial charge on any atom is 0.262 e. The number of amides is 3. The Balaban J connectivity index is 1.18. The SMILES string of the molecule is C[C@@H](Oc1cc(-n2cnc3ccc(C4CCC(NC(=O)c5ccccc5C(N)=O)CC4)cc32)sc1C(N)=O)c1ccccc1Cl. The zero-order valence-corrected chi connectivity index (χ0v) is 26.1. The van der Waals surface area contributed by atoms with E-state index in [-0.39, 0.29) is 17.5 Å². The van der Waals surface area contributed by atoms with Gasteiger partial charge in [-0.25, -0.2) is 4.98 Å². The minimum Gasteiger partial charge on any atom is -0.484 e. The summed E-state index contributed by atoms with van der Waals surface area (Å²) in [7, 11) is 0. The number of nitrogens with zero attached hydrogens (tertiary/aromatic N) is 2. The summed E-state index contributed by atoms with van der Waals surface area (Å²) >= 11 is 7.63. The Morgan fingerprint density at radius 2 is 1.67 bits per heavy atom. The van der Waals surface area contributed by atoms with E-state index in [2.05, 4.69) is 22.4 Å². The smallest absolute Gasteiger partial charge is 0.262 e. The van der Waals surface area contributed by atoms with E-state index in [1.54, 1.807) is 36.7 Å². The first kappa shape index (κ1) is 30.4. The lowest BCUT2D eigenvalue weighted by atomic mass is 9.81. The standard InChI is InChI=1S/C34H32ClN5O4S/c1-19(23-6-4-5-9-26(23)35)44-29-17-30(45-31(29)33(37)42)40-18-38-27-15-12-21(16-28(27)40)20-10-13-22(14-11-20)39-34(43)25-8-3-2-7-24(25)32(36)41/h2-9,12,15-20,22H,10-11,13-14H2,1H3,(H2,36,41)(H2,37,42)(H,39,43)/t19-,20?,22?/m1/s1. The number of benzene rings is 3. The highest BCUT2D eigenvalue weighted by Gasteiger charge is 2.26. The fourth-order valence-electron chi connectivity index (χ4n) is 5.98. The van der Waals surface area contributed by atoms with Gasteiger partial charge in [0, 0.05) is 22.7 Å². The minimum atomic E-state index is -0.622. The first-order valence-electron chi connectivity index (χ1n) is 14.7. The Bertz CT molecular complexity index is 1910. The zero-order valence-electron chi connectivity index (χ0n) is 24.5. The molecule has 1 fully saturated rings. The lowest BCUT2D eigenvalue weighted by Crippen LogP contribution is -2.38. The number of imidazole rings is 1. The van der Waals surface area contributed by atoms with E-state index in [9.17, 15) is 14.4 Å². The first-order chi connectivity index (χ1) is 21.7. The Morgan fingerprint density at radius 3 is 2.38 bits per heavy atom. The van der Waals surface area contributed by atoms with Crippen LogP contribution >= 0.6 is 22.9 Å². The molecule has 5 aromatic rings. The van der Waals surface area contributed by atoms with Crippen molar-refractivity contribution in [2.45, 2.75) is 50.7 Å². The van der Waals surface area contributed by atoms with Crippen LogP contribution in [0.5, 0.6) is 5.75 Å². The predicted octanol–water partition coefficient (Wildman–Crippen LogP) is 6.53. The van der Waals surface area contributed by atoms with Crippen molar-refractivity contribution in [1.29, 1.82) is 0 Å². The van der Waals surface area contributed by atoms with E-state index in [0.29, 0.717) is 27.1 Å². The summed E-state index contributed by atoms with van der Waals surface area (Å²) in [5.41, 5.74) is 15.5. The molecule has 11 heteroatoms. The largest absolute Gasteiger partial charge is 0.484 e. The Morgan fingerprint density at radius 1 is 0.956 bits per heavy atom. The summed E-state index contributed by atoms with van der Waals surface area (Å²) in [6.45, 7) is 1.88. The third-order valence-electron chi connectivity index (χ3n) is 8.34. The molecule has 0 spiro atoms.